The lowest BCUT2D eigenvalue weighted by molar-refractivity contribution is -0.139. The van der Waals surface area contributed by atoms with Crippen LogP contribution in [-0.4, -0.2) is 32.4 Å². The number of carbonyl (C=O) groups is 2. The first-order chi connectivity index (χ1) is 9.63. The topological polar surface area (TPSA) is 83.7 Å². The Bertz CT molecular complexity index is 660. The second-order valence-corrected chi connectivity index (χ2v) is 5.15. The molecule has 0 aliphatic heterocycles. The lowest BCUT2D eigenvalue weighted by Gasteiger charge is -2.14. The Morgan fingerprint density at radius 2 is 2.25 bits per heavy atom. The van der Waals surface area contributed by atoms with Crippen molar-refractivity contribution in [3.8, 4) is 0 Å². The Morgan fingerprint density at radius 1 is 1.45 bits per heavy atom. The summed E-state index contributed by atoms with van der Waals surface area (Å²) in [4.78, 5) is 27.4. The Kier molecular flexibility index (Phi) is 3.14. The standard InChI is InChI=1S/C14H15N3O3/c18-13(16-11(14(19)20)7-9-1-2-9)10-3-4-12-15-5-6-17(12)8-10/h3-6,8-9,11H,1-2,7H2,(H,16,18)(H,19,20). The molecule has 0 radical (unpaired) electrons. The quantitative estimate of drug-likeness (QED) is 0.860. The molecule has 6 heteroatoms. The molecule has 1 atom stereocenters. The van der Waals surface area contributed by atoms with Crippen LogP contribution in [0.3, 0.4) is 0 Å². The van der Waals surface area contributed by atoms with Gasteiger partial charge in [-0.05, 0) is 24.5 Å². The van der Waals surface area contributed by atoms with Crippen LogP contribution in [0.1, 0.15) is 29.6 Å². The van der Waals surface area contributed by atoms with E-state index >= 15 is 0 Å². The number of hydrogen-bond donors (Lipinski definition) is 2. The van der Waals surface area contributed by atoms with Crippen LogP contribution >= 0.6 is 0 Å². The molecule has 104 valence electrons. The zero-order valence-electron chi connectivity index (χ0n) is 10.8. The van der Waals surface area contributed by atoms with Crippen molar-refractivity contribution >= 4 is 17.5 Å². The number of carboxylic acids is 1. The molecule has 0 saturated heterocycles. The molecule has 1 fully saturated rings. The lowest BCUT2D eigenvalue weighted by atomic mass is 10.1. The molecule has 0 spiro atoms. The molecule has 6 nitrogen and oxygen atoms in total. The number of fused-ring (bicyclic) bond motifs is 1. The van der Waals surface area contributed by atoms with E-state index in [9.17, 15) is 9.59 Å². The predicted molar refractivity (Wildman–Crippen MR) is 71.4 cm³/mol. The van der Waals surface area contributed by atoms with Gasteiger partial charge in [0.25, 0.3) is 5.91 Å². The number of aliphatic carboxylic acids is 1. The molecule has 1 unspecified atom stereocenters. The van der Waals surface area contributed by atoms with Gasteiger partial charge in [-0.2, -0.15) is 0 Å². The first kappa shape index (κ1) is 12.7. The fraction of sp³-hybridized carbons (Fsp3) is 0.357. The van der Waals surface area contributed by atoms with Crippen molar-refractivity contribution in [3.05, 3.63) is 36.3 Å². The minimum Gasteiger partial charge on any atom is -0.480 e. The maximum Gasteiger partial charge on any atom is 0.326 e. The maximum absolute atomic E-state index is 12.1. The summed E-state index contributed by atoms with van der Waals surface area (Å²) in [6.07, 6.45) is 7.65. The van der Waals surface area contributed by atoms with E-state index in [1.165, 1.54) is 0 Å². The van der Waals surface area contributed by atoms with Crippen molar-refractivity contribution in [1.82, 2.24) is 14.7 Å². The third kappa shape index (κ3) is 2.64. The number of nitrogens with zero attached hydrogens (tertiary/aromatic N) is 2. The second kappa shape index (κ2) is 4.96. The maximum atomic E-state index is 12.1. The summed E-state index contributed by atoms with van der Waals surface area (Å²) in [6.45, 7) is 0. The monoisotopic (exact) mass is 273 g/mol. The van der Waals surface area contributed by atoms with Crippen LogP contribution in [0, 0.1) is 5.92 Å². The van der Waals surface area contributed by atoms with E-state index < -0.39 is 12.0 Å². The molecule has 0 bridgehead atoms. The van der Waals surface area contributed by atoms with Gasteiger partial charge in [-0.1, -0.05) is 12.8 Å². The van der Waals surface area contributed by atoms with Gasteiger partial charge in [-0.3, -0.25) is 4.79 Å². The van der Waals surface area contributed by atoms with Gasteiger partial charge in [-0.15, -0.1) is 0 Å². The molecular weight excluding hydrogens is 258 g/mol. The fourth-order valence-electron chi connectivity index (χ4n) is 2.20. The van der Waals surface area contributed by atoms with Crippen LogP contribution in [0.25, 0.3) is 5.65 Å². The van der Waals surface area contributed by atoms with E-state index in [2.05, 4.69) is 10.3 Å². The van der Waals surface area contributed by atoms with Crippen molar-refractivity contribution in [1.29, 1.82) is 0 Å². The Balaban J connectivity index is 1.74. The number of hydrogen-bond acceptors (Lipinski definition) is 3. The highest BCUT2D eigenvalue weighted by atomic mass is 16.4. The summed E-state index contributed by atoms with van der Waals surface area (Å²) in [5.74, 6) is -0.907. The molecule has 1 aliphatic rings. The van der Waals surface area contributed by atoms with Gasteiger partial charge in [0.15, 0.2) is 0 Å². The van der Waals surface area contributed by atoms with Crippen LogP contribution in [0.2, 0.25) is 0 Å². The number of imidazole rings is 1. The Morgan fingerprint density at radius 3 is 2.95 bits per heavy atom. The van der Waals surface area contributed by atoms with Crippen LogP contribution in [-0.2, 0) is 4.79 Å². The molecule has 2 aromatic rings. The van der Waals surface area contributed by atoms with Crippen LogP contribution < -0.4 is 5.32 Å². The number of carbonyl (C=O) groups excluding carboxylic acids is 1. The normalized spacial score (nSPS) is 16.0. The molecule has 2 aromatic heterocycles. The molecular formula is C14H15N3O3. The molecule has 1 amide bonds. The van der Waals surface area contributed by atoms with Crippen molar-refractivity contribution in [2.75, 3.05) is 0 Å². The summed E-state index contributed by atoms with van der Waals surface area (Å²) in [5.41, 5.74) is 1.17. The SMILES string of the molecule is O=C(NC(CC1CC1)C(=O)O)c1ccc2nccn2c1. The van der Waals surface area contributed by atoms with Gasteiger partial charge in [0, 0.05) is 18.6 Å². The summed E-state index contributed by atoms with van der Waals surface area (Å²) in [6, 6.07) is 2.56. The minimum absolute atomic E-state index is 0.367. The molecule has 0 aromatic carbocycles. The Hall–Kier alpha value is -2.37. The largest absolute Gasteiger partial charge is 0.480 e. The average molecular weight is 273 g/mol. The van der Waals surface area contributed by atoms with E-state index in [0.717, 1.165) is 18.5 Å². The van der Waals surface area contributed by atoms with Crippen LogP contribution in [0.5, 0.6) is 0 Å². The third-order valence-electron chi connectivity index (χ3n) is 3.52. The lowest BCUT2D eigenvalue weighted by Crippen LogP contribution is -2.41. The number of rotatable bonds is 5. The van der Waals surface area contributed by atoms with Crippen molar-refractivity contribution in [2.24, 2.45) is 5.92 Å². The molecule has 2 heterocycles. The highest BCUT2D eigenvalue weighted by molar-refractivity contribution is 5.96. The van der Waals surface area contributed by atoms with Crippen molar-refractivity contribution < 1.29 is 14.7 Å². The summed E-state index contributed by atoms with van der Waals surface area (Å²) < 4.78 is 1.73. The van der Waals surface area contributed by atoms with E-state index in [-0.39, 0.29) is 5.91 Å². The first-order valence-corrected chi connectivity index (χ1v) is 6.60. The Labute approximate surface area is 115 Å². The summed E-state index contributed by atoms with van der Waals surface area (Å²) in [7, 11) is 0. The summed E-state index contributed by atoms with van der Waals surface area (Å²) in [5, 5.41) is 11.7. The second-order valence-electron chi connectivity index (χ2n) is 5.15. The molecule has 1 saturated carbocycles. The molecule has 2 N–H and O–H groups in total. The van der Waals surface area contributed by atoms with Gasteiger partial charge in [0.05, 0.1) is 5.56 Å². The van der Waals surface area contributed by atoms with Gasteiger partial charge in [0.2, 0.25) is 0 Å². The number of aromatic nitrogens is 2. The number of pyridine rings is 1. The predicted octanol–water partition coefficient (Wildman–Crippen LogP) is 1.32. The number of nitrogens with one attached hydrogen (secondary N) is 1. The third-order valence-corrected chi connectivity index (χ3v) is 3.52. The zero-order chi connectivity index (χ0) is 14.1. The van der Waals surface area contributed by atoms with Gasteiger partial charge < -0.3 is 14.8 Å². The smallest absolute Gasteiger partial charge is 0.326 e. The zero-order valence-corrected chi connectivity index (χ0v) is 10.8. The first-order valence-electron chi connectivity index (χ1n) is 6.60. The van der Waals surface area contributed by atoms with Gasteiger partial charge in [0.1, 0.15) is 11.7 Å². The van der Waals surface area contributed by atoms with Crippen molar-refractivity contribution in [3.63, 3.8) is 0 Å². The van der Waals surface area contributed by atoms with Gasteiger partial charge >= 0.3 is 5.97 Å². The van der Waals surface area contributed by atoms with Crippen LogP contribution in [0.4, 0.5) is 0 Å². The molecule has 3 rings (SSSR count). The fourth-order valence-corrected chi connectivity index (χ4v) is 2.20. The highest BCUT2D eigenvalue weighted by Gasteiger charge is 2.30. The molecule has 1 aliphatic carbocycles. The summed E-state index contributed by atoms with van der Waals surface area (Å²) >= 11 is 0. The minimum atomic E-state index is -0.978. The number of carboxylic acid groups (broad SMARTS) is 1. The molecule has 20 heavy (non-hydrogen) atoms. The van der Waals surface area contributed by atoms with E-state index in [4.69, 9.17) is 5.11 Å². The van der Waals surface area contributed by atoms with Crippen molar-refractivity contribution in [2.45, 2.75) is 25.3 Å². The highest BCUT2D eigenvalue weighted by Crippen LogP contribution is 2.33. The van der Waals surface area contributed by atoms with Crippen LogP contribution in [0.15, 0.2) is 30.7 Å². The average Bonchev–Trinajstić information content (AvgIpc) is 3.12. The number of amides is 1. The van der Waals surface area contributed by atoms with E-state index in [0.29, 0.717) is 17.9 Å². The van der Waals surface area contributed by atoms with E-state index in [1.807, 2.05) is 0 Å². The van der Waals surface area contributed by atoms with E-state index in [1.54, 1.807) is 35.1 Å². The van der Waals surface area contributed by atoms with Gasteiger partial charge in [-0.25, -0.2) is 9.78 Å².